The molecule has 0 radical (unpaired) electrons. The lowest BCUT2D eigenvalue weighted by molar-refractivity contribution is -0.137. The maximum Gasteiger partial charge on any atom is 0.416 e. The Bertz CT molecular complexity index is 1110. The summed E-state index contributed by atoms with van der Waals surface area (Å²) in [6.45, 7) is 0. The number of nitrogens with one attached hydrogen (secondary N) is 1. The van der Waals surface area contributed by atoms with Gasteiger partial charge in [0.2, 0.25) is 5.91 Å². The summed E-state index contributed by atoms with van der Waals surface area (Å²) in [5.41, 5.74) is 0.237. The fourth-order valence-electron chi connectivity index (χ4n) is 3.53. The highest BCUT2D eigenvalue weighted by atomic mass is 19.4. The third-order valence-corrected chi connectivity index (χ3v) is 4.80. The summed E-state index contributed by atoms with van der Waals surface area (Å²) >= 11 is 0. The Labute approximate surface area is 162 Å². The van der Waals surface area contributed by atoms with E-state index in [1.165, 1.54) is 22.9 Å². The van der Waals surface area contributed by atoms with E-state index in [1.54, 1.807) is 24.5 Å². The minimum Gasteiger partial charge on any atom is -0.478 e. The zero-order valence-electron chi connectivity index (χ0n) is 14.8. The van der Waals surface area contributed by atoms with Gasteiger partial charge in [-0.25, -0.2) is 4.79 Å². The van der Waals surface area contributed by atoms with Crippen molar-refractivity contribution in [3.05, 3.63) is 77.4 Å². The molecule has 29 heavy (non-hydrogen) atoms. The second-order valence-corrected chi connectivity index (χ2v) is 6.62. The zero-order chi connectivity index (χ0) is 20.8. The van der Waals surface area contributed by atoms with Crippen molar-refractivity contribution in [2.75, 3.05) is 5.32 Å². The van der Waals surface area contributed by atoms with Crippen molar-refractivity contribution in [2.45, 2.75) is 18.5 Å². The van der Waals surface area contributed by atoms with Crippen LogP contribution in [-0.2, 0) is 11.0 Å². The summed E-state index contributed by atoms with van der Waals surface area (Å²) in [7, 11) is 0. The van der Waals surface area contributed by atoms with Crippen molar-refractivity contribution >= 4 is 17.6 Å². The van der Waals surface area contributed by atoms with Crippen LogP contribution in [0.25, 0.3) is 5.69 Å². The SMILES string of the molecule is O=C1C[C@H](c2cccnc2)c2c(c(C(=O)O)cn2-c2cccc(C(F)(F)F)c2)N1. The molecular weight excluding hydrogens is 387 g/mol. The van der Waals surface area contributed by atoms with E-state index in [0.29, 0.717) is 11.3 Å². The van der Waals surface area contributed by atoms with Crippen LogP contribution in [0, 0.1) is 0 Å². The summed E-state index contributed by atoms with van der Waals surface area (Å²) in [4.78, 5) is 28.0. The number of alkyl halides is 3. The highest BCUT2D eigenvalue weighted by Crippen LogP contribution is 2.42. The van der Waals surface area contributed by atoms with Gasteiger partial charge in [0.05, 0.1) is 16.9 Å². The Morgan fingerprint density at radius 1 is 1.24 bits per heavy atom. The van der Waals surface area contributed by atoms with Crippen molar-refractivity contribution in [2.24, 2.45) is 0 Å². The average Bonchev–Trinajstić information content (AvgIpc) is 3.07. The third-order valence-electron chi connectivity index (χ3n) is 4.80. The molecule has 2 aromatic heterocycles. The second kappa shape index (κ2) is 6.77. The van der Waals surface area contributed by atoms with Crippen molar-refractivity contribution in [1.29, 1.82) is 0 Å². The van der Waals surface area contributed by atoms with E-state index in [2.05, 4.69) is 10.3 Å². The van der Waals surface area contributed by atoms with E-state index in [1.807, 2.05) is 0 Å². The van der Waals surface area contributed by atoms with Gasteiger partial charge in [-0.15, -0.1) is 0 Å². The van der Waals surface area contributed by atoms with Crippen LogP contribution in [0.1, 0.15) is 39.5 Å². The van der Waals surface area contributed by atoms with E-state index >= 15 is 0 Å². The maximum atomic E-state index is 13.2. The number of carboxylic acid groups (broad SMARTS) is 1. The minimum atomic E-state index is -4.55. The fourth-order valence-corrected chi connectivity index (χ4v) is 3.53. The average molecular weight is 401 g/mol. The molecule has 3 aromatic rings. The molecule has 1 aliphatic heterocycles. The van der Waals surface area contributed by atoms with Crippen molar-refractivity contribution in [1.82, 2.24) is 9.55 Å². The lowest BCUT2D eigenvalue weighted by atomic mass is 9.89. The largest absolute Gasteiger partial charge is 0.478 e. The molecule has 0 unspecified atom stereocenters. The number of rotatable bonds is 3. The summed E-state index contributed by atoms with van der Waals surface area (Å²) in [6.07, 6.45) is -0.188. The Morgan fingerprint density at radius 3 is 2.69 bits per heavy atom. The first kappa shape index (κ1) is 18.7. The minimum absolute atomic E-state index is 0.0146. The van der Waals surface area contributed by atoms with Crippen molar-refractivity contribution < 1.29 is 27.9 Å². The molecule has 0 fully saturated rings. The molecule has 148 valence electrons. The number of benzene rings is 1. The standard InChI is InChI=1S/C20H14F3N3O3/c21-20(22,23)12-4-1-5-13(7-12)26-10-15(19(28)29)17-18(26)14(8-16(27)25-17)11-3-2-6-24-9-11/h1-7,9-10,14H,8H2,(H,25,27)(H,28,29)/t14-/m1/s1. The molecule has 0 spiro atoms. The molecule has 3 heterocycles. The predicted molar refractivity (Wildman–Crippen MR) is 97.1 cm³/mol. The van der Waals surface area contributed by atoms with Crippen molar-refractivity contribution in [3.63, 3.8) is 0 Å². The van der Waals surface area contributed by atoms with Crippen LogP contribution >= 0.6 is 0 Å². The fraction of sp³-hybridized carbons (Fsp3) is 0.150. The number of halogens is 3. The van der Waals surface area contributed by atoms with E-state index in [4.69, 9.17) is 0 Å². The van der Waals surface area contributed by atoms with Gasteiger partial charge in [0.15, 0.2) is 0 Å². The Balaban J connectivity index is 1.96. The number of fused-ring (bicyclic) bond motifs is 1. The van der Waals surface area contributed by atoms with Gasteiger partial charge < -0.3 is 15.0 Å². The van der Waals surface area contributed by atoms with E-state index in [0.717, 1.165) is 12.1 Å². The van der Waals surface area contributed by atoms with Crippen LogP contribution in [0.15, 0.2) is 55.0 Å². The molecule has 1 aromatic carbocycles. The molecule has 0 saturated carbocycles. The Kier molecular flexibility index (Phi) is 4.37. The van der Waals surface area contributed by atoms with Gasteiger partial charge in [-0.05, 0) is 29.8 Å². The summed E-state index contributed by atoms with van der Waals surface area (Å²) in [6, 6.07) is 8.02. The first-order chi connectivity index (χ1) is 13.8. The Morgan fingerprint density at radius 2 is 2.03 bits per heavy atom. The van der Waals surface area contributed by atoms with E-state index in [-0.39, 0.29) is 29.3 Å². The first-order valence-corrected chi connectivity index (χ1v) is 8.61. The predicted octanol–water partition coefficient (Wildman–Crippen LogP) is 4.06. The highest BCUT2D eigenvalue weighted by Gasteiger charge is 2.35. The van der Waals surface area contributed by atoms with Gasteiger partial charge in [0.1, 0.15) is 5.56 Å². The van der Waals surface area contributed by atoms with Crippen LogP contribution < -0.4 is 5.32 Å². The van der Waals surface area contributed by atoms with Crippen molar-refractivity contribution in [3.8, 4) is 5.69 Å². The Hall–Kier alpha value is -3.62. The topological polar surface area (TPSA) is 84.2 Å². The van der Waals surface area contributed by atoms with Crippen LogP contribution in [-0.4, -0.2) is 26.5 Å². The lowest BCUT2D eigenvalue weighted by Gasteiger charge is -2.26. The molecule has 0 aliphatic carbocycles. The molecule has 1 atom stereocenters. The van der Waals surface area contributed by atoms with Gasteiger partial charge in [-0.2, -0.15) is 13.2 Å². The molecular formula is C20H14F3N3O3. The molecule has 2 N–H and O–H groups in total. The van der Waals surface area contributed by atoms with Gasteiger partial charge >= 0.3 is 12.1 Å². The first-order valence-electron chi connectivity index (χ1n) is 8.61. The molecule has 9 heteroatoms. The molecule has 0 bridgehead atoms. The van der Waals surface area contributed by atoms with Gasteiger partial charge in [-0.1, -0.05) is 12.1 Å². The second-order valence-electron chi connectivity index (χ2n) is 6.62. The quantitative estimate of drug-likeness (QED) is 0.693. The normalized spacial score (nSPS) is 16.2. The van der Waals surface area contributed by atoms with E-state index in [9.17, 15) is 27.9 Å². The number of carbonyl (C=O) groups excluding carboxylic acids is 1. The lowest BCUT2D eigenvalue weighted by Crippen LogP contribution is -2.25. The molecule has 6 nitrogen and oxygen atoms in total. The van der Waals surface area contributed by atoms with Crippen LogP contribution in [0.2, 0.25) is 0 Å². The van der Waals surface area contributed by atoms with E-state index < -0.39 is 23.6 Å². The zero-order valence-corrected chi connectivity index (χ0v) is 14.8. The number of pyridine rings is 1. The monoisotopic (exact) mass is 401 g/mol. The van der Waals surface area contributed by atoms with Crippen LogP contribution in [0.5, 0.6) is 0 Å². The smallest absolute Gasteiger partial charge is 0.416 e. The number of aromatic carboxylic acids is 1. The number of carbonyl (C=O) groups is 2. The molecule has 1 aliphatic rings. The van der Waals surface area contributed by atoms with Gasteiger partial charge in [0, 0.05) is 36.6 Å². The number of nitrogens with zero attached hydrogens (tertiary/aromatic N) is 2. The number of hydrogen-bond acceptors (Lipinski definition) is 3. The van der Waals surface area contributed by atoms with Gasteiger partial charge in [-0.3, -0.25) is 9.78 Å². The third kappa shape index (κ3) is 3.35. The van der Waals surface area contributed by atoms with Gasteiger partial charge in [0.25, 0.3) is 0 Å². The molecule has 1 amide bonds. The molecule has 0 saturated heterocycles. The summed E-state index contributed by atoms with van der Waals surface area (Å²) < 4.78 is 40.9. The number of amides is 1. The highest BCUT2D eigenvalue weighted by molar-refractivity contribution is 6.04. The van der Waals surface area contributed by atoms with Crippen LogP contribution in [0.3, 0.4) is 0 Å². The molecule has 4 rings (SSSR count). The number of aromatic nitrogens is 2. The number of anilines is 1. The number of carboxylic acids is 1. The summed E-state index contributed by atoms with van der Waals surface area (Å²) in [5, 5.41) is 12.1. The summed E-state index contributed by atoms with van der Waals surface area (Å²) in [5.74, 6) is -2.23. The number of hydrogen-bond donors (Lipinski definition) is 2. The van der Waals surface area contributed by atoms with Crippen LogP contribution in [0.4, 0.5) is 18.9 Å². The maximum absolute atomic E-state index is 13.2.